The minimum absolute atomic E-state index is 0.0697. The van der Waals surface area contributed by atoms with E-state index in [4.69, 9.17) is 0 Å². The summed E-state index contributed by atoms with van der Waals surface area (Å²) >= 11 is 0. The number of amides is 2. The number of likely N-dealkylation sites (tertiary alicyclic amines) is 1. The van der Waals surface area contributed by atoms with Gasteiger partial charge < -0.3 is 15.5 Å². The van der Waals surface area contributed by atoms with E-state index < -0.39 is 11.8 Å². The van der Waals surface area contributed by atoms with Gasteiger partial charge in [0, 0.05) is 31.5 Å². The summed E-state index contributed by atoms with van der Waals surface area (Å²) in [4.78, 5) is 30.1. The zero-order chi connectivity index (χ0) is 23.4. The Morgan fingerprint density at radius 3 is 2.52 bits per heavy atom. The minimum atomic E-state index is -0.617. The molecule has 176 valence electrons. The molecule has 2 aliphatic rings. The highest BCUT2D eigenvalue weighted by Gasteiger charge is 2.26. The van der Waals surface area contributed by atoms with E-state index in [9.17, 15) is 9.59 Å². The average molecular weight is 449 g/mol. The summed E-state index contributed by atoms with van der Waals surface area (Å²) in [5.74, 6) is -1.20. The van der Waals surface area contributed by atoms with Gasteiger partial charge in [0.1, 0.15) is 0 Å². The van der Waals surface area contributed by atoms with Crippen LogP contribution in [0.1, 0.15) is 54.0 Å². The number of fused-ring (bicyclic) bond motifs is 1. The van der Waals surface area contributed by atoms with Crippen LogP contribution in [0.4, 0.5) is 11.4 Å². The molecule has 2 aromatic rings. The lowest BCUT2D eigenvalue weighted by atomic mass is 9.95. The van der Waals surface area contributed by atoms with E-state index in [0.29, 0.717) is 12.2 Å². The fourth-order valence-electron chi connectivity index (χ4n) is 5.02. The lowest BCUT2D eigenvalue weighted by Crippen LogP contribution is -2.43. The Hall–Kier alpha value is -2.86. The molecule has 2 N–H and O–H groups in total. The number of rotatable bonds is 5. The third-order valence-corrected chi connectivity index (χ3v) is 6.97. The molecule has 2 heterocycles. The second-order valence-corrected chi connectivity index (χ2v) is 9.51. The number of hydrogen-bond donors (Lipinski definition) is 2. The predicted octanol–water partition coefficient (Wildman–Crippen LogP) is 3.97. The fraction of sp³-hybridized carbons (Fsp3) is 0.481. The molecule has 6 heteroatoms. The van der Waals surface area contributed by atoms with E-state index in [-0.39, 0.29) is 6.04 Å². The molecule has 1 saturated heterocycles. The molecule has 2 aromatic carbocycles. The molecule has 0 saturated carbocycles. The number of nitrogens with one attached hydrogen (secondary N) is 2. The third kappa shape index (κ3) is 5.56. The molecule has 0 spiro atoms. The maximum absolute atomic E-state index is 12.7. The van der Waals surface area contributed by atoms with Gasteiger partial charge in [-0.3, -0.25) is 14.5 Å². The van der Waals surface area contributed by atoms with Crippen molar-refractivity contribution in [3.8, 4) is 0 Å². The molecule has 2 amide bonds. The molecule has 1 unspecified atom stereocenters. The van der Waals surface area contributed by atoms with Gasteiger partial charge in [-0.1, -0.05) is 30.7 Å². The molecule has 0 bridgehead atoms. The molecule has 2 aliphatic heterocycles. The van der Waals surface area contributed by atoms with E-state index in [1.807, 2.05) is 32.0 Å². The van der Waals surface area contributed by atoms with Crippen LogP contribution in [-0.4, -0.2) is 49.9 Å². The Balaban J connectivity index is 1.47. The van der Waals surface area contributed by atoms with Crippen LogP contribution in [0.3, 0.4) is 0 Å². The molecule has 1 atom stereocenters. The summed E-state index contributed by atoms with van der Waals surface area (Å²) in [5.41, 5.74) is 6.57. The van der Waals surface area contributed by atoms with Crippen molar-refractivity contribution < 1.29 is 9.59 Å². The van der Waals surface area contributed by atoms with Crippen LogP contribution in [-0.2, 0) is 16.0 Å². The summed E-state index contributed by atoms with van der Waals surface area (Å²) in [6.45, 7) is 7.45. The van der Waals surface area contributed by atoms with Crippen molar-refractivity contribution in [1.82, 2.24) is 10.2 Å². The Kier molecular flexibility index (Phi) is 7.33. The van der Waals surface area contributed by atoms with Gasteiger partial charge in [-0.05, 0) is 87.0 Å². The van der Waals surface area contributed by atoms with Gasteiger partial charge >= 0.3 is 11.8 Å². The van der Waals surface area contributed by atoms with Crippen LogP contribution in [0.15, 0.2) is 36.4 Å². The molecule has 0 aliphatic carbocycles. The molecule has 0 aromatic heterocycles. The van der Waals surface area contributed by atoms with Gasteiger partial charge in [-0.25, -0.2) is 0 Å². The van der Waals surface area contributed by atoms with E-state index in [1.165, 1.54) is 36.1 Å². The van der Waals surface area contributed by atoms with Crippen LogP contribution in [0.2, 0.25) is 0 Å². The molecule has 4 rings (SSSR count). The average Bonchev–Trinajstić information content (AvgIpc) is 2.82. The number of piperidine rings is 1. The van der Waals surface area contributed by atoms with E-state index in [0.717, 1.165) is 43.6 Å². The summed E-state index contributed by atoms with van der Waals surface area (Å²) in [7, 11) is 2.15. The monoisotopic (exact) mass is 448 g/mol. The number of hydrogen-bond acceptors (Lipinski definition) is 4. The fourth-order valence-corrected chi connectivity index (χ4v) is 5.02. The summed E-state index contributed by atoms with van der Waals surface area (Å²) in [5, 5.41) is 5.69. The lowest BCUT2D eigenvalue weighted by Gasteiger charge is -2.36. The Morgan fingerprint density at radius 1 is 0.939 bits per heavy atom. The number of anilines is 2. The third-order valence-electron chi connectivity index (χ3n) is 6.97. The SMILES string of the molecule is Cc1ccc(C)c(NC(=O)C(=O)NCC(c2ccc3c(c2)CCCN3C)N2CCCCC2)c1. The number of carbonyl (C=O) groups excluding carboxylic acids is 2. The normalized spacial score (nSPS) is 17.2. The van der Waals surface area contributed by atoms with Gasteiger partial charge in [0.15, 0.2) is 0 Å². The lowest BCUT2D eigenvalue weighted by molar-refractivity contribution is -0.136. The van der Waals surface area contributed by atoms with Crippen LogP contribution in [0.25, 0.3) is 0 Å². The molecule has 1 fully saturated rings. The van der Waals surface area contributed by atoms with Crippen molar-refractivity contribution in [3.63, 3.8) is 0 Å². The van der Waals surface area contributed by atoms with Crippen molar-refractivity contribution in [1.29, 1.82) is 0 Å². The maximum atomic E-state index is 12.7. The first-order valence-corrected chi connectivity index (χ1v) is 12.2. The van der Waals surface area contributed by atoms with Crippen molar-refractivity contribution in [2.45, 2.75) is 52.0 Å². The zero-order valence-electron chi connectivity index (χ0n) is 20.1. The number of nitrogens with zero attached hydrogens (tertiary/aromatic N) is 2. The summed E-state index contributed by atoms with van der Waals surface area (Å²) < 4.78 is 0. The summed E-state index contributed by atoms with van der Waals surface area (Å²) in [6, 6.07) is 12.6. The number of benzene rings is 2. The first-order chi connectivity index (χ1) is 15.9. The molecule has 6 nitrogen and oxygen atoms in total. The van der Waals surface area contributed by atoms with E-state index >= 15 is 0 Å². The molecular formula is C27H36N4O2. The minimum Gasteiger partial charge on any atom is -0.374 e. The Bertz CT molecular complexity index is 1010. The van der Waals surface area contributed by atoms with E-state index in [2.05, 4.69) is 45.7 Å². The zero-order valence-corrected chi connectivity index (χ0v) is 20.1. The smallest absolute Gasteiger partial charge is 0.313 e. The van der Waals surface area contributed by atoms with Crippen LogP contribution < -0.4 is 15.5 Å². The highest BCUT2D eigenvalue weighted by Crippen LogP contribution is 2.31. The Labute approximate surface area is 197 Å². The molecule has 33 heavy (non-hydrogen) atoms. The van der Waals surface area contributed by atoms with Crippen molar-refractivity contribution in [2.24, 2.45) is 0 Å². The Morgan fingerprint density at radius 2 is 1.73 bits per heavy atom. The van der Waals surface area contributed by atoms with Gasteiger partial charge in [0.25, 0.3) is 0 Å². The first kappa shape index (κ1) is 23.3. The van der Waals surface area contributed by atoms with Crippen LogP contribution >= 0.6 is 0 Å². The topological polar surface area (TPSA) is 64.7 Å². The van der Waals surface area contributed by atoms with Gasteiger partial charge in [0.2, 0.25) is 0 Å². The van der Waals surface area contributed by atoms with Crippen LogP contribution in [0.5, 0.6) is 0 Å². The quantitative estimate of drug-likeness (QED) is 0.680. The van der Waals surface area contributed by atoms with Gasteiger partial charge in [0.05, 0.1) is 6.04 Å². The highest BCUT2D eigenvalue weighted by molar-refractivity contribution is 6.39. The molecular weight excluding hydrogens is 412 g/mol. The maximum Gasteiger partial charge on any atom is 0.313 e. The summed E-state index contributed by atoms with van der Waals surface area (Å²) in [6.07, 6.45) is 5.85. The van der Waals surface area contributed by atoms with Crippen LogP contribution in [0, 0.1) is 13.8 Å². The van der Waals surface area contributed by atoms with Crippen molar-refractivity contribution >= 4 is 23.2 Å². The predicted molar refractivity (Wildman–Crippen MR) is 134 cm³/mol. The number of aryl methyl sites for hydroxylation is 3. The second kappa shape index (κ2) is 10.4. The van der Waals surface area contributed by atoms with Gasteiger partial charge in [-0.2, -0.15) is 0 Å². The standard InChI is InChI=1S/C27H36N4O2/c1-19-9-10-20(2)23(16-19)29-27(33)26(32)28-18-25(31-14-5-4-6-15-31)22-11-12-24-21(17-22)8-7-13-30(24)3/h9-12,16-17,25H,4-8,13-15,18H2,1-3H3,(H,28,32)(H,29,33). The van der Waals surface area contributed by atoms with Gasteiger partial charge in [-0.15, -0.1) is 0 Å². The second-order valence-electron chi connectivity index (χ2n) is 9.51. The molecule has 0 radical (unpaired) electrons. The highest BCUT2D eigenvalue weighted by atomic mass is 16.2. The number of carbonyl (C=O) groups is 2. The van der Waals surface area contributed by atoms with E-state index in [1.54, 1.807) is 0 Å². The van der Waals surface area contributed by atoms with Crippen molar-refractivity contribution in [2.75, 3.05) is 43.4 Å². The first-order valence-electron chi connectivity index (χ1n) is 12.2. The van der Waals surface area contributed by atoms with Crippen molar-refractivity contribution in [3.05, 3.63) is 58.7 Å². The largest absolute Gasteiger partial charge is 0.374 e.